The van der Waals surface area contributed by atoms with Crippen LogP contribution in [-0.4, -0.2) is 82.3 Å². The highest BCUT2D eigenvalue weighted by molar-refractivity contribution is 7.53. The summed E-state index contributed by atoms with van der Waals surface area (Å²) in [6.07, 6.45) is -2.48. The van der Waals surface area contributed by atoms with E-state index in [1.165, 1.54) is 12.7 Å². The van der Waals surface area contributed by atoms with E-state index in [-0.39, 0.29) is 18.5 Å². The predicted molar refractivity (Wildman–Crippen MR) is 141 cm³/mol. The molecule has 1 atom stereocenters. The number of hydrogen-bond donors (Lipinski definition) is 1. The van der Waals surface area contributed by atoms with E-state index < -0.39 is 64.2 Å². The van der Waals surface area contributed by atoms with Gasteiger partial charge in [0.1, 0.15) is 12.7 Å². The molecule has 0 aliphatic carbocycles. The Morgan fingerprint density at radius 2 is 1.41 bits per heavy atom. The van der Waals surface area contributed by atoms with Crippen LogP contribution in [-0.2, 0) is 48.6 Å². The van der Waals surface area contributed by atoms with Crippen molar-refractivity contribution in [1.29, 1.82) is 0 Å². The van der Waals surface area contributed by atoms with Gasteiger partial charge < -0.3 is 33.0 Å². The van der Waals surface area contributed by atoms with Crippen LogP contribution < -0.4 is 5.32 Å². The normalized spacial score (nSPS) is 12.4. The molecule has 1 N–H and O–H groups in total. The molecule has 0 saturated carbocycles. The minimum absolute atomic E-state index is 0.159. The smallest absolute Gasteiger partial charge is 0.447 e. The molecule has 0 spiro atoms. The molecule has 2 aromatic rings. The van der Waals surface area contributed by atoms with Crippen molar-refractivity contribution in [3.63, 3.8) is 0 Å². The molecule has 0 aliphatic heterocycles. The Morgan fingerprint density at radius 3 is 1.95 bits per heavy atom. The van der Waals surface area contributed by atoms with Crippen LogP contribution in [0, 0.1) is 0 Å². The molecule has 2 rings (SSSR count). The fourth-order valence-electron chi connectivity index (χ4n) is 2.87. The van der Waals surface area contributed by atoms with Crippen molar-refractivity contribution in [2.75, 3.05) is 25.3 Å². The van der Waals surface area contributed by atoms with E-state index in [1.54, 1.807) is 53.0 Å². The maximum Gasteiger partial charge on any atom is 0.510 e. The van der Waals surface area contributed by atoms with Gasteiger partial charge in [0, 0.05) is 0 Å². The number of carbonyl (C=O) groups excluding carboxylic acids is 3. The molecule has 0 aromatic carbocycles. The number of nitrogens with one attached hydrogen (secondary N) is 1. The SMILES string of the molecule is CC(C)OC(=O)Nc1ncnc2c1ncn2C[C@@H](C)OCP(=O)(OCOC(=O)OC(C)C)OCOC(=O)OC(C)C. The van der Waals surface area contributed by atoms with Crippen LogP contribution in [0.5, 0.6) is 0 Å². The number of anilines is 1. The van der Waals surface area contributed by atoms with E-state index >= 15 is 0 Å². The first-order chi connectivity index (χ1) is 19.3. The minimum atomic E-state index is -4.13. The van der Waals surface area contributed by atoms with Crippen molar-refractivity contribution in [1.82, 2.24) is 19.5 Å². The van der Waals surface area contributed by atoms with Crippen LogP contribution >= 0.6 is 7.60 Å². The minimum Gasteiger partial charge on any atom is -0.447 e. The molecule has 0 radical (unpaired) electrons. The van der Waals surface area contributed by atoms with E-state index in [0.29, 0.717) is 11.2 Å². The highest BCUT2D eigenvalue weighted by Gasteiger charge is 2.29. The first-order valence-corrected chi connectivity index (χ1v) is 14.3. The number of imidazole rings is 1. The summed E-state index contributed by atoms with van der Waals surface area (Å²) in [5.74, 6) is 0.159. The molecular formula is C23H36N5O12P. The number of fused-ring (bicyclic) bond motifs is 1. The summed E-state index contributed by atoms with van der Waals surface area (Å²) in [7, 11) is -4.13. The quantitative estimate of drug-likeness (QED) is 0.129. The second-order valence-electron chi connectivity index (χ2n) is 9.20. The van der Waals surface area contributed by atoms with E-state index in [4.69, 9.17) is 37.5 Å². The molecule has 2 heterocycles. The summed E-state index contributed by atoms with van der Waals surface area (Å²) in [6, 6.07) is 0. The zero-order chi connectivity index (χ0) is 30.6. The lowest BCUT2D eigenvalue weighted by Crippen LogP contribution is -2.20. The highest BCUT2D eigenvalue weighted by Crippen LogP contribution is 2.48. The van der Waals surface area contributed by atoms with E-state index in [1.807, 2.05) is 0 Å². The van der Waals surface area contributed by atoms with Crippen molar-refractivity contribution >= 4 is 43.0 Å². The lowest BCUT2D eigenvalue weighted by Gasteiger charge is -2.21. The summed E-state index contributed by atoms with van der Waals surface area (Å²) in [5, 5.41) is 2.52. The first-order valence-electron chi connectivity index (χ1n) is 12.6. The topological polar surface area (TPSA) is 198 Å². The van der Waals surface area contributed by atoms with Crippen LogP contribution in [0.4, 0.5) is 20.2 Å². The van der Waals surface area contributed by atoms with E-state index in [0.717, 1.165) is 0 Å². The van der Waals surface area contributed by atoms with Gasteiger partial charge in [0.15, 0.2) is 17.0 Å². The van der Waals surface area contributed by atoms with Gasteiger partial charge in [-0.15, -0.1) is 0 Å². The number of amides is 1. The molecule has 0 bridgehead atoms. The van der Waals surface area contributed by atoms with Crippen molar-refractivity contribution < 1.29 is 56.4 Å². The Morgan fingerprint density at radius 1 is 0.854 bits per heavy atom. The number of carbonyl (C=O) groups is 3. The maximum absolute atomic E-state index is 13.2. The molecule has 0 saturated heterocycles. The van der Waals surface area contributed by atoms with Gasteiger partial charge in [-0.1, -0.05) is 0 Å². The maximum atomic E-state index is 13.2. The summed E-state index contributed by atoms with van der Waals surface area (Å²) < 4.78 is 55.0. The highest BCUT2D eigenvalue weighted by atomic mass is 31.2. The second-order valence-corrected chi connectivity index (χ2v) is 11.2. The third-order valence-electron chi connectivity index (χ3n) is 4.45. The van der Waals surface area contributed by atoms with Gasteiger partial charge in [0.2, 0.25) is 13.6 Å². The molecule has 0 aliphatic rings. The molecule has 0 fully saturated rings. The van der Waals surface area contributed by atoms with Gasteiger partial charge in [-0.25, -0.2) is 29.3 Å². The molecular weight excluding hydrogens is 569 g/mol. The summed E-state index contributed by atoms with van der Waals surface area (Å²) in [5.41, 5.74) is 0.703. The van der Waals surface area contributed by atoms with Gasteiger partial charge >= 0.3 is 26.0 Å². The summed E-state index contributed by atoms with van der Waals surface area (Å²) in [6.45, 7) is 10.2. The van der Waals surface area contributed by atoms with E-state index in [9.17, 15) is 18.9 Å². The van der Waals surface area contributed by atoms with Crippen molar-refractivity contribution in [2.24, 2.45) is 0 Å². The van der Waals surface area contributed by atoms with Crippen LogP contribution in [0.3, 0.4) is 0 Å². The Kier molecular flexibility index (Phi) is 13.2. The lowest BCUT2D eigenvalue weighted by atomic mass is 10.4. The van der Waals surface area contributed by atoms with Crippen molar-refractivity contribution in [2.45, 2.75) is 79.4 Å². The van der Waals surface area contributed by atoms with Crippen LogP contribution in [0.25, 0.3) is 11.2 Å². The Bertz CT molecular complexity index is 1170. The average Bonchev–Trinajstić information content (AvgIpc) is 3.25. The fourth-order valence-corrected chi connectivity index (χ4v) is 3.96. The number of nitrogens with zero attached hydrogens (tertiary/aromatic N) is 4. The van der Waals surface area contributed by atoms with Crippen LogP contribution in [0.15, 0.2) is 12.7 Å². The van der Waals surface area contributed by atoms with E-state index in [2.05, 4.69) is 20.3 Å². The summed E-state index contributed by atoms with van der Waals surface area (Å²) in [4.78, 5) is 47.7. The summed E-state index contributed by atoms with van der Waals surface area (Å²) >= 11 is 0. The fraction of sp³-hybridized carbons (Fsp3) is 0.652. The second kappa shape index (κ2) is 16.0. The third-order valence-corrected chi connectivity index (χ3v) is 5.91. The molecule has 18 heteroatoms. The van der Waals surface area contributed by atoms with Gasteiger partial charge in [-0.3, -0.25) is 18.9 Å². The molecule has 230 valence electrons. The zero-order valence-corrected chi connectivity index (χ0v) is 24.8. The van der Waals surface area contributed by atoms with Gasteiger partial charge in [-0.2, -0.15) is 0 Å². The zero-order valence-electron chi connectivity index (χ0n) is 23.9. The standard InChI is InChI=1S/C23H36N5O12P/c1-14(2)38-21(29)27-19-18-20(25-9-24-19)28(10-26-18)8-17(7)35-13-41(32,36-11-33-22(30)39-15(3)4)37-12-34-23(31)40-16(5)6/h9-10,14-17H,8,11-13H2,1-7H3,(H,24,25,27,29)/t17-/m1/s1. The lowest BCUT2D eigenvalue weighted by molar-refractivity contribution is -0.0369. The van der Waals surface area contributed by atoms with Crippen molar-refractivity contribution in [3.05, 3.63) is 12.7 Å². The molecule has 1 amide bonds. The third kappa shape index (κ3) is 12.3. The Hall–Kier alpha value is -3.53. The first kappa shape index (κ1) is 33.7. The van der Waals surface area contributed by atoms with Crippen molar-refractivity contribution in [3.8, 4) is 0 Å². The number of rotatable bonds is 15. The van der Waals surface area contributed by atoms with Gasteiger partial charge in [0.05, 0.1) is 37.3 Å². The number of hydrogen-bond acceptors (Lipinski definition) is 15. The van der Waals surface area contributed by atoms with Crippen LogP contribution in [0.1, 0.15) is 48.5 Å². The Labute approximate surface area is 236 Å². The number of aromatic nitrogens is 4. The largest absolute Gasteiger partial charge is 0.510 e. The molecule has 0 unspecified atom stereocenters. The van der Waals surface area contributed by atoms with Crippen LogP contribution in [0.2, 0.25) is 0 Å². The monoisotopic (exact) mass is 605 g/mol. The molecule has 41 heavy (non-hydrogen) atoms. The Balaban J connectivity index is 2.02. The molecule has 2 aromatic heterocycles. The predicted octanol–water partition coefficient (Wildman–Crippen LogP) is 4.41. The van der Waals surface area contributed by atoms with Gasteiger partial charge in [-0.05, 0) is 48.5 Å². The number of ether oxygens (including phenoxy) is 6. The van der Waals surface area contributed by atoms with Gasteiger partial charge in [0.25, 0.3) is 0 Å². The molecule has 17 nitrogen and oxygen atoms in total. The average molecular weight is 606 g/mol.